The van der Waals surface area contributed by atoms with Crippen LogP contribution in [-0.2, 0) is 13.2 Å². The first-order chi connectivity index (χ1) is 9.76. The first-order valence-electron chi connectivity index (χ1n) is 6.29. The molecule has 0 fully saturated rings. The van der Waals surface area contributed by atoms with Crippen LogP contribution in [0, 0.1) is 0 Å². The van der Waals surface area contributed by atoms with E-state index in [1.54, 1.807) is 13.3 Å². The molecule has 0 aliphatic rings. The standard InChI is InChI=1S/C15H17ClN2O2/c1-17-9-11-5-3-7-13(16)14(11)20-10-12-6-4-8-18-15(12)19-2/h3-8,17H,9-10H2,1-2H3. The maximum Gasteiger partial charge on any atom is 0.219 e. The van der Waals surface area contributed by atoms with Crippen LogP contribution in [0.15, 0.2) is 36.5 Å². The summed E-state index contributed by atoms with van der Waals surface area (Å²) in [5, 5.41) is 3.69. The van der Waals surface area contributed by atoms with Gasteiger partial charge in [-0.15, -0.1) is 0 Å². The van der Waals surface area contributed by atoms with Crippen LogP contribution >= 0.6 is 11.6 Å². The minimum absolute atomic E-state index is 0.359. The number of hydrogen-bond donors (Lipinski definition) is 1. The van der Waals surface area contributed by atoms with Gasteiger partial charge in [-0.25, -0.2) is 4.98 Å². The highest BCUT2D eigenvalue weighted by Gasteiger charge is 2.10. The van der Waals surface area contributed by atoms with E-state index in [1.165, 1.54) is 0 Å². The zero-order chi connectivity index (χ0) is 14.4. The summed E-state index contributed by atoms with van der Waals surface area (Å²) < 4.78 is 11.1. The highest BCUT2D eigenvalue weighted by molar-refractivity contribution is 6.32. The van der Waals surface area contributed by atoms with Gasteiger partial charge in [0.2, 0.25) is 5.88 Å². The second kappa shape index (κ2) is 7.12. The predicted molar refractivity (Wildman–Crippen MR) is 79.3 cm³/mol. The third-order valence-corrected chi connectivity index (χ3v) is 3.13. The summed E-state index contributed by atoms with van der Waals surface area (Å²) in [6.45, 7) is 1.05. The van der Waals surface area contributed by atoms with Crippen LogP contribution in [0.3, 0.4) is 0 Å². The fourth-order valence-corrected chi connectivity index (χ4v) is 2.16. The fraction of sp³-hybridized carbons (Fsp3) is 0.267. The van der Waals surface area contributed by atoms with Gasteiger partial charge in [-0.2, -0.15) is 0 Å². The van der Waals surface area contributed by atoms with E-state index in [-0.39, 0.29) is 0 Å². The van der Waals surface area contributed by atoms with E-state index in [0.29, 0.717) is 29.8 Å². The van der Waals surface area contributed by atoms with Crippen LogP contribution in [0.4, 0.5) is 0 Å². The highest BCUT2D eigenvalue weighted by atomic mass is 35.5. The number of rotatable bonds is 6. The van der Waals surface area contributed by atoms with Gasteiger partial charge in [0.05, 0.1) is 17.7 Å². The number of hydrogen-bond acceptors (Lipinski definition) is 4. The fourth-order valence-electron chi connectivity index (χ4n) is 1.91. The molecule has 1 aromatic heterocycles. The van der Waals surface area contributed by atoms with Crippen molar-refractivity contribution in [1.82, 2.24) is 10.3 Å². The van der Waals surface area contributed by atoms with Crippen LogP contribution in [0.25, 0.3) is 0 Å². The van der Waals surface area contributed by atoms with E-state index in [9.17, 15) is 0 Å². The molecule has 0 saturated heterocycles. The number of ether oxygens (including phenoxy) is 2. The van der Waals surface area contributed by atoms with Crippen molar-refractivity contribution in [3.8, 4) is 11.6 Å². The van der Waals surface area contributed by atoms with Gasteiger partial charge >= 0.3 is 0 Å². The van der Waals surface area contributed by atoms with Crippen molar-refractivity contribution in [2.75, 3.05) is 14.2 Å². The maximum atomic E-state index is 6.21. The molecule has 1 heterocycles. The molecule has 2 rings (SSSR count). The van der Waals surface area contributed by atoms with Gasteiger partial charge in [0, 0.05) is 18.3 Å². The van der Waals surface area contributed by atoms with Gasteiger partial charge in [-0.05, 0) is 25.2 Å². The van der Waals surface area contributed by atoms with Crippen molar-refractivity contribution in [3.05, 3.63) is 52.7 Å². The first kappa shape index (κ1) is 14.6. The first-order valence-corrected chi connectivity index (χ1v) is 6.66. The second-order valence-electron chi connectivity index (χ2n) is 4.22. The lowest BCUT2D eigenvalue weighted by atomic mass is 10.2. The van der Waals surface area contributed by atoms with E-state index in [1.807, 2.05) is 37.4 Å². The molecule has 0 spiro atoms. The molecule has 0 atom stereocenters. The van der Waals surface area contributed by atoms with Crippen molar-refractivity contribution in [2.45, 2.75) is 13.2 Å². The molecule has 5 heteroatoms. The van der Waals surface area contributed by atoms with Gasteiger partial charge < -0.3 is 14.8 Å². The third-order valence-electron chi connectivity index (χ3n) is 2.83. The number of para-hydroxylation sites is 1. The lowest BCUT2D eigenvalue weighted by molar-refractivity contribution is 0.291. The molecule has 0 bridgehead atoms. The Hall–Kier alpha value is -1.78. The zero-order valence-corrected chi connectivity index (χ0v) is 12.3. The minimum atomic E-state index is 0.359. The number of halogens is 1. The summed E-state index contributed by atoms with van der Waals surface area (Å²) in [5.41, 5.74) is 1.90. The van der Waals surface area contributed by atoms with E-state index in [0.717, 1.165) is 11.1 Å². The maximum absolute atomic E-state index is 6.21. The van der Waals surface area contributed by atoms with Crippen molar-refractivity contribution in [3.63, 3.8) is 0 Å². The summed E-state index contributed by atoms with van der Waals surface area (Å²) in [7, 11) is 3.47. The summed E-state index contributed by atoms with van der Waals surface area (Å²) in [4.78, 5) is 4.14. The summed E-state index contributed by atoms with van der Waals surface area (Å²) >= 11 is 6.21. The molecule has 2 aromatic rings. The van der Waals surface area contributed by atoms with Crippen molar-refractivity contribution >= 4 is 11.6 Å². The average molecular weight is 293 g/mol. The van der Waals surface area contributed by atoms with E-state index < -0.39 is 0 Å². The molecule has 20 heavy (non-hydrogen) atoms. The Morgan fingerprint density at radius 2 is 2.00 bits per heavy atom. The number of aromatic nitrogens is 1. The molecule has 1 N–H and O–H groups in total. The SMILES string of the molecule is CNCc1cccc(Cl)c1OCc1cccnc1OC. The normalized spacial score (nSPS) is 10.3. The lowest BCUT2D eigenvalue weighted by Crippen LogP contribution is -2.08. The number of nitrogens with one attached hydrogen (secondary N) is 1. The third kappa shape index (κ3) is 3.40. The van der Waals surface area contributed by atoms with Gasteiger partial charge in [-0.1, -0.05) is 23.7 Å². The molecule has 0 unspecified atom stereocenters. The van der Waals surface area contributed by atoms with Gasteiger partial charge in [0.15, 0.2) is 0 Å². The predicted octanol–water partition coefficient (Wildman–Crippen LogP) is 3.04. The monoisotopic (exact) mass is 292 g/mol. The molecule has 0 amide bonds. The molecule has 1 aromatic carbocycles. The minimum Gasteiger partial charge on any atom is -0.487 e. The number of methoxy groups -OCH3 is 1. The van der Waals surface area contributed by atoms with Crippen molar-refractivity contribution in [1.29, 1.82) is 0 Å². The molecule has 0 radical (unpaired) electrons. The van der Waals surface area contributed by atoms with E-state index in [4.69, 9.17) is 21.1 Å². The molecular weight excluding hydrogens is 276 g/mol. The number of pyridine rings is 1. The average Bonchev–Trinajstić information content (AvgIpc) is 2.47. The van der Waals surface area contributed by atoms with Crippen LogP contribution in [0.5, 0.6) is 11.6 Å². The molecule has 0 aliphatic heterocycles. The van der Waals surface area contributed by atoms with Gasteiger partial charge in [-0.3, -0.25) is 0 Å². The lowest BCUT2D eigenvalue weighted by Gasteiger charge is -2.14. The Kier molecular flexibility index (Phi) is 5.21. The Labute approximate surface area is 123 Å². The van der Waals surface area contributed by atoms with Gasteiger partial charge in [0.1, 0.15) is 12.4 Å². The van der Waals surface area contributed by atoms with E-state index >= 15 is 0 Å². The molecule has 4 nitrogen and oxygen atoms in total. The molecular formula is C15H17ClN2O2. The van der Waals surface area contributed by atoms with E-state index in [2.05, 4.69) is 10.3 Å². The van der Waals surface area contributed by atoms with Crippen LogP contribution in [0.1, 0.15) is 11.1 Å². The summed E-state index contributed by atoms with van der Waals surface area (Å²) in [6.07, 6.45) is 1.68. The summed E-state index contributed by atoms with van der Waals surface area (Å²) in [5.74, 6) is 1.25. The Balaban J connectivity index is 2.18. The molecule has 0 saturated carbocycles. The highest BCUT2D eigenvalue weighted by Crippen LogP contribution is 2.30. The van der Waals surface area contributed by atoms with Gasteiger partial charge in [0.25, 0.3) is 0 Å². The molecule has 106 valence electrons. The Bertz CT molecular complexity index is 576. The summed E-state index contributed by atoms with van der Waals surface area (Å²) in [6, 6.07) is 9.48. The molecule has 0 aliphatic carbocycles. The second-order valence-corrected chi connectivity index (χ2v) is 4.63. The largest absolute Gasteiger partial charge is 0.487 e. The number of nitrogens with zero attached hydrogens (tertiary/aromatic N) is 1. The van der Waals surface area contributed by atoms with Crippen molar-refractivity contribution in [2.24, 2.45) is 0 Å². The van der Waals surface area contributed by atoms with Crippen LogP contribution < -0.4 is 14.8 Å². The zero-order valence-electron chi connectivity index (χ0n) is 11.5. The number of benzene rings is 1. The van der Waals surface area contributed by atoms with Crippen LogP contribution in [-0.4, -0.2) is 19.1 Å². The van der Waals surface area contributed by atoms with Crippen LogP contribution in [0.2, 0.25) is 5.02 Å². The van der Waals surface area contributed by atoms with Crippen molar-refractivity contribution < 1.29 is 9.47 Å². The Morgan fingerprint density at radius 3 is 2.75 bits per heavy atom. The quantitative estimate of drug-likeness (QED) is 0.889. The topological polar surface area (TPSA) is 43.4 Å². The Morgan fingerprint density at radius 1 is 1.20 bits per heavy atom. The smallest absolute Gasteiger partial charge is 0.219 e.